The number of aryl methyl sites for hydroxylation is 2. The Kier molecular flexibility index (Phi) is 6.21. The molecule has 136 valence electrons. The van der Waals surface area contributed by atoms with Crippen molar-refractivity contribution in [3.8, 4) is 0 Å². The maximum absolute atomic E-state index is 6.30. The number of rotatable bonds is 8. The second kappa shape index (κ2) is 8.79. The molecular weight excluding hydrogens is 322 g/mol. The summed E-state index contributed by atoms with van der Waals surface area (Å²) in [6, 6.07) is 21.1. The topological polar surface area (TPSA) is 30.3 Å². The van der Waals surface area contributed by atoms with Gasteiger partial charge in [-0.25, -0.2) is 0 Å². The second-order valence-electron chi connectivity index (χ2n) is 6.76. The summed E-state index contributed by atoms with van der Waals surface area (Å²) in [4.78, 5) is 2.28. The summed E-state index contributed by atoms with van der Waals surface area (Å²) in [6.45, 7) is 4.55. The predicted molar refractivity (Wildman–Crippen MR) is 105 cm³/mol. The lowest BCUT2D eigenvalue weighted by atomic mass is 10.0. The fourth-order valence-electron chi connectivity index (χ4n) is 3.04. The van der Waals surface area contributed by atoms with Crippen molar-refractivity contribution >= 4 is 0 Å². The van der Waals surface area contributed by atoms with Crippen LogP contribution in [0.25, 0.3) is 0 Å². The van der Waals surface area contributed by atoms with E-state index in [1.807, 2.05) is 30.1 Å². The molecule has 0 radical (unpaired) electrons. The zero-order valence-electron chi connectivity index (χ0n) is 15.8. The van der Waals surface area contributed by atoms with Crippen molar-refractivity contribution in [3.63, 3.8) is 0 Å². The van der Waals surface area contributed by atoms with Crippen molar-refractivity contribution in [2.75, 3.05) is 20.2 Å². The van der Waals surface area contributed by atoms with Gasteiger partial charge < -0.3 is 4.74 Å². The van der Waals surface area contributed by atoms with E-state index in [-0.39, 0.29) is 6.10 Å². The Morgan fingerprint density at radius 3 is 2.42 bits per heavy atom. The summed E-state index contributed by atoms with van der Waals surface area (Å²) in [6.07, 6.45) is 1.72. The molecule has 0 aliphatic rings. The van der Waals surface area contributed by atoms with E-state index in [0.717, 1.165) is 24.3 Å². The highest BCUT2D eigenvalue weighted by Gasteiger charge is 2.18. The van der Waals surface area contributed by atoms with Crippen LogP contribution in [0.15, 0.2) is 66.9 Å². The maximum Gasteiger partial charge on any atom is 0.124 e. The normalized spacial score (nSPS) is 12.5. The molecule has 1 unspecified atom stereocenters. The number of hydrogen-bond acceptors (Lipinski definition) is 3. The van der Waals surface area contributed by atoms with Gasteiger partial charge in [0.25, 0.3) is 0 Å². The van der Waals surface area contributed by atoms with Gasteiger partial charge in [0.2, 0.25) is 0 Å². The fraction of sp³-hybridized carbons (Fsp3) is 0.318. The molecule has 0 N–H and O–H groups in total. The van der Waals surface area contributed by atoms with Crippen molar-refractivity contribution < 1.29 is 4.74 Å². The van der Waals surface area contributed by atoms with Crippen LogP contribution in [0.1, 0.15) is 28.5 Å². The molecule has 3 aromatic rings. The predicted octanol–water partition coefficient (Wildman–Crippen LogP) is 3.97. The van der Waals surface area contributed by atoms with Gasteiger partial charge in [-0.15, -0.1) is 0 Å². The van der Waals surface area contributed by atoms with Crippen LogP contribution in [0, 0.1) is 6.92 Å². The first-order chi connectivity index (χ1) is 12.6. The molecule has 4 heteroatoms. The zero-order chi connectivity index (χ0) is 18.4. The van der Waals surface area contributed by atoms with Gasteiger partial charge in [0.05, 0.1) is 12.3 Å². The first kappa shape index (κ1) is 18.4. The number of nitrogens with zero attached hydrogens (tertiary/aromatic N) is 3. The van der Waals surface area contributed by atoms with E-state index < -0.39 is 0 Å². The van der Waals surface area contributed by atoms with Crippen LogP contribution >= 0.6 is 0 Å². The zero-order valence-corrected chi connectivity index (χ0v) is 15.8. The minimum Gasteiger partial charge on any atom is -0.366 e. The molecule has 0 spiro atoms. The molecule has 1 aromatic heterocycles. The number of benzene rings is 2. The smallest absolute Gasteiger partial charge is 0.124 e. The summed E-state index contributed by atoms with van der Waals surface area (Å²) < 4.78 is 8.19. The van der Waals surface area contributed by atoms with Crippen LogP contribution in [0.3, 0.4) is 0 Å². The average molecular weight is 349 g/mol. The quantitative estimate of drug-likeness (QED) is 0.616. The van der Waals surface area contributed by atoms with E-state index in [1.165, 1.54) is 11.1 Å². The third kappa shape index (κ3) is 4.81. The van der Waals surface area contributed by atoms with E-state index in [2.05, 4.69) is 72.5 Å². The van der Waals surface area contributed by atoms with E-state index in [4.69, 9.17) is 4.74 Å². The third-order valence-corrected chi connectivity index (χ3v) is 4.56. The summed E-state index contributed by atoms with van der Waals surface area (Å²) in [5, 5.41) is 4.31. The molecule has 1 atom stereocenters. The largest absolute Gasteiger partial charge is 0.366 e. The summed E-state index contributed by atoms with van der Waals surface area (Å²) >= 11 is 0. The van der Waals surface area contributed by atoms with Crippen molar-refractivity contribution in [3.05, 3.63) is 89.2 Å². The first-order valence-electron chi connectivity index (χ1n) is 9.02. The van der Waals surface area contributed by atoms with Crippen molar-refractivity contribution in [1.29, 1.82) is 0 Å². The SMILES string of the molecule is Cc1ccc(C(OCCN(C)Cc2ccccc2)c2ccnn2C)cc1. The van der Waals surface area contributed by atoms with Crippen LogP contribution in [0.4, 0.5) is 0 Å². The van der Waals surface area contributed by atoms with Crippen molar-refractivity contribution in [1.82, 2.24) is 14.7 Å². The average Bonchev–Trinajstić information content (AvgIpc) is 3.06. The van der Waals surface area contributed by atoms with E-state index >= 15 is 0 Å². The molecule has 2 aromatic carbocycles. The minimum atomic E-state index is -0.103. The van der Waals surface area contributed by atoms with Gasteiger partial charge in [-0.1, -0.05) is 60.2 Å². The molecule has 0 saturated heterocycles. The van der Waals surface area contributed by atoms with Crippen LogP contribution in [-0.4, -0.2) is 34.9 Å². The Bertz CT molecular complexity index is 796. The van der Waals surface area contributed by atoms with E-state index in [0.29, 0.717) is 6.61 Å². The molecule has 26 heavy (non-hydrogen) atoms. The molecule has 0 saturated carbocycles. The molecule has 3 rings (SSSR count). The van der Waals surface area contributed by atoms with Crippen LogP contribution < -0.4 is 0 Å². The number of likely N-dealkylation sites (N-methyl/N-ethyl adjacent to an activating group) is 1. The van der Waals surface area contributed by atoms with Gasteiger partial charge in [-0.3, -0.25) is 9.58 Å². The van der Waals surface area contributed by atoms with Gasteiger partial charge in [0, 0.05) is 26.3 Å². The highest BCUT2D eigenvalue weighted by Crippen LogP contribution is 2.25. The minimum absolute atomic E-state index is 0.103. The Labute approximate surface area is 156 Å². The fourth-order valence-corrected chi connectivity index (χ4v) is 3.04. The van der Waals surface area contributed by atoms with Crippen molar-refractivity contribution in [2.45, 2.75) is 19.6 Å². The Morgan fingerprint density at radius 2 is 1.77 bits per heavy atom. The molecule has 0 fully saturated rings. The molecule has 0 aliphatic heterocycles. The van der Waals surface area contributed by atoms with Crippen LogP contribution in [0.5, 0.6) is 0 Å². The van der Waals surface area contributed by atoms with Gasteiger partial charge in [0.15, 0.2) is 0 Å². The molecule has 1 heterocycles. The number of ether oxygens (including phenoxy) is 1. The maximum atomic E-state index is 6.30. The summed E-state index contributed by atoms with van der Waals surface area (Å²) in [5.74, 6) is 0. The first-order valence-corrected chi connectivity index (χ1v) is 9.02. The molecule has 0 bridgehead atoms. The lowest BCUT2D eigenvalue weighted by Gasteiger charge is -2.22. The summed E-state index contributed by atoms with van der Waals surface area (Å²) in [7, 11) is 4.09. The number of hydrogen-bond donors (Lipinski definition) is 0. The Morgan fingerprint density at radius 1 is 1.04 bits per heavy atom. The lowest BCUT2D eigenvalue weighted by Crippen LogP contribution is -2.24. The highest BCUT2D eigenvalue weighted by molar-refractivity contribution is 5.28. The van der Waals surface area contributed by atoms with E-state index in [1.54, 1.807) is 0 Å². The van der Waals surface area contributed by atoms with Gasteiger partial charge >= 0.3 is 0 Å². The molecular formula is C22H27N3O. The van der Waals surface area contributed by atoms with Gasteiger partial charge in [0.1, 0.15) is 6.10 Å². The summed E-state index contributed by atoms with van der Waals surface area (Å²) in [5.41, 5.74) is 4.79. The molecule has 4 nitrogen and oxygen atoms in total. The van der Waals surface area contributed by atoms with Gasteiger partial charge in [-0.2, -0.15) is 5.10 Å². The second-order valence-corrected chi connectivity index (χ2v) is 6.76. The molecule has 0 amide bonds. The van der Waals surface area contributed by atoms with Crippen LogP contribution in [0.2, 0.25) is 0 Å². The number of aromatic nitrogens is 2. The van der Waals surface area contributed by atoms with E-state index in [9.17, 15) is 0 Å². The lowest BCUT2D eigenvalue weighted by molar-refractivity contribution is 0.0589. The standard InChI is InChI=1S/C22H27N3O/c1-18-9-11-20(12-10-18)22(21-13-14-23-25(21)3)26-16-15-24(2)17-19-7-5-4-6-8-19/h4-14,22H,15-17H2,1-3H3. The van der Waals surface area contributed by atoms with Gasteiger partial charge in [-0.05, 0) is 31.2 Å². The Balaban J connectivity index is 1.63. The highest BCUT2D eigenvalue weighted by atomic mass is 16.5. The monoisotopic (exact) mass is 349 g/mol. The van der Waals surface area contributed by atoms with Crippen LogP contribution in [-0.2, 0) is 18.3 Å². The molecule has 0 aliphatic carbocycles. The van der Waals surface area contributed by atoms with Crippen molar-refractivity contribution in [2.24, 2.45) is 7.05 Å². The third-order valence-electron chi connectivity index (χ3n) is 4.56. The Hall–Kier alpha value is -2.43.